The number of aromatic nitrogens is 1. The lowest BCUT2D eigenvalue weighted by Gasteiger charge is -2.02. The fourth-order valence-corrected chi connectivity index (χ4v) is 2.64. The Morgan fingerprint density at radius 1 is 1.17 bits per heavy atom. The second kappa shape index (κ2) is 4.98. The highest BCUT2D eigenvalue weighted by atomic mass is 16.5. The molecule has 0 saturated carbocycles. The zero-order chi connectivity index (χ0) is 16.0. The summed E-state index contributed by atoms with van der Waals surface area (Å²) in [6, 6.07) is 9.56. The predicted molar refractivity (Wildman–Crippen MR) is 87.7 cm³/mol. The Balaban J connectivity index is 1.80. The van der Waals surface area contributed by atoms with Gasteiger partial charge in [0.05, 0.1) is 12.0 Å². The van der Waals surface area contributed by atoms with Crippen molar-refractivity contribution in [2.75, 3.05) is 0 Å². The molecule has 5 nitrogen and oxygen atoms in total. The molecule has 0 aliphatic carbocycles. The number of oxazole rings is 1. The molecule has 4 rings (SSSR count). The lowest BCUT2D eigenvalue weighted by atomic mass is 10.0. The van der Waals surface area contributed by atoms with Gasteiger partial charge >= 0.3 is 5.95 Å². The molecule has 0 bridgehead atoms. The van der Waals surface area contributed by atoms with Crippen molar-refractivity contribution in [3.8, 4) is 17.6 Å². The van der Waals surface area contributed by atoms with E-state index in [1.165, 1.54) is 6.26 Å². The quantitative estimate of drug-likeness (QED) is 0.751. The average molecular weight is 306 g/mol. The van der Waals surface area contributed by atoms with E-state index in [1.807, 2.05) is 26.0 Å². The number of rotatable bonds is 2. The second-order valence-electron chi connectivity index (χ2n) is 5.46. The van der Waals surface area contributed by atoms with Crippen LogP contribution in [-0.2, 0) is 0 Å². The summed E-state index contributed by atoms with van der Waals surface area (Å²) in [4.78, 5) is 8.85. The highest BCUT2D eigenvalue weighted by molar-refractivity contribution is 6.31. The number of fused-ring (bicyclic) bond motifs is 1. The maximum absolute atomic E-state index is 10.0. The van der Waals surface area contributed by atoms with Crippen LogP contribution in [0.2, 0.25) is 0 Å². The first-order valence-electron chi connectivity index (χ1n) is 7.24. The van der Waals surface area contributed by atoms with E-state index >= 15 is 0 Å². The van der Waals surface area contributed by atoms with Gasteiger partial charge in [0.1, 0.15) is 5.69 Å². The van der Waals surface area contributed by atoms with Crippen LogP contribution in [0.1, 0.15) is 23.7 Å². The number of allylic oxidation sites excluding steroid dienone is 1. The van der Waals surface area contributed by atoms with Crippen molar-refractivity contribution in [1.82, 2.24) is 4.98 Å². The normalized spacial score (nSPS) is 15.0. The molecule has 1 aliphatic heterocycles. The first-order chi connectivity index (χ1) is 11.1. The number of aromatic hydroxyl groups is 1. The molecule has 0 amide bonds. The van der Waals surface area contributed by atoms with Gasteiger partial charge in [-0.3, -0.25) is 4.99 Å². The molecule has 3 heterocycles. The molecule has 23 heavy (non-hydrogen) atoms. The molecule has 2 aromatic heterocycles. The zero-order valence-corrected chi connectivity index (χ0v) is 12.7. The standard InChI is InChI=1S/C18H14N2O3/c1-10-5-6-14-13(8-10)12(11(2)19-14)9-15-18(21)23-17(20-15)16-4-3-7-22-16/h3-9,21H,1-2H3. The lowest BCUT2D eigenvalue weighted by molar-refractivity contribution is 0.333. The number of aliphatic imine (C=N–C) groups is 1. The summed E-state index contributed by atoms with van der Waals surface area (Å²) >= 11 is 0. The molecule has 3 aromatic rings. The number of benzene rings is 1. The SMILES string of the molecule is CC1=Nc2ccc(C)cc2C1=Cc1nc(-c2ccco2)oc1O. The first kappa shape index (κ1) is 13.6. The van der Waals surface area contributed by atoms with E-state index in [2.05, 4.69) is 16.0 Å². The molecule has 0 atom stereocenters. The summed E-state index contributed by atoms with van der Waals surface area (Å²) in [7, 11) is 0. The predicted octanol–water partition coefficient (Wildman–Crippen LogP) is 4.60. The van der Waals surface area contributed by atoms with E-state index in [0.29, 0.717) is 11.5 Å². The molecule has 1 aliphatic rings. The average Bonchev–Trinajstić information content (AvgIpc) is 3.21. The minimum atomic E-state index is -0.238. The maximum Gasteiger partial charge on any atom is 0.310 e. The summed E-state index contributed by atoms with van der Waals surface area (Å²) in [5.74, 6) is 0.479. The van der Waals surface area contributed by atoms with Crippen LogP contribution in [0.15, 0.2) is 50.4 Å². The third-order valence-electron chi connectivity index (χ3n) is 3.77. The first-order valence-corrected chi connectivity index (χ1v) is 7.24. The van der Waals surface area contributed by atoms with Crippen molar-refractivity contribution in [2.45, 2.75) is 13.8 Å². The van der Waals surface area contributed by atoms with Crippen LogP contribution >= 0.6 is 0 Å². The molecule has 114 valence electrons. The number of aryl methyl sites for hydroxylation is 1. The van der Waals surface area contributed by atoms with Gasteiger partial charge in [-0.1, -0.05) is 11.6 Å². The summed E-state index contributed by atoms with van der Waals surface area (Å²) in [6.45, 7) is 3.97. The molecule has 0 unspecified atom stereocenters. The van der Waals surface area contributed by atoms with Crippen LogP contribution in [0, 0.1) is 6.92 Å². The summed E-state index contributed by atoms with van der Waals surface area (Å²) < 4.78 is 10.5. The second-order valence-corrected chi connectivity index (χ2v) is 5.46. The van der Waals surface area contributed by atoms with Crippen LogP contribution in [0.25, 0.3) is 23.3 Å². The monoisotopic (exact) mass is 306 g/mol. The Morgan fingerprint density at radius 3 is 2.83 bits per heavy atom. The van der Waals surface area contributed by atoms with Crippen molar-refractivity contribution in [3.63, 3.8) is 0 Å². The molecule has 5 heteroatoms. The Kier molecular flexibility index (Phi) is 2.94. The summed E-state index contributed by atoms with van der Waals surface area (Å²) in [6.07, 6.45) is 3.32. The van der Waals surface area contributed by atoms with Crippen molar-refractivity contribution in [3.05, 3.63) is 53.4 Å². The van der Waals surface area contributed by atoms with Crippen molar-refractivity contribution >= 4 is 23.0 Å². The number of furan rings is 1. The Hall–Kier alpha value is -3.08. The molecule has 0 saturated heterocycles. The topological polar surface area (TPSA) is 71.8 Å². The van der Waals surface area contributed by atoms with Crippen LogP contribution in [0.3, 0.4) is 0 Å². The lowest BCUT2D eigenvalue weighted by Crippen LogP contribution is -1.91. The largest absolute Gasteiger partial charge is 0.479 e. The Labute approximate surface area is 132 Å². The minimum Gasteiger partial charge on any atom is -0.479 e. The third kappa shape index (κ3) is 2.26. The highest BCUT2D eigenvalue weighted by Crippen LogP contribution is 2.38. The molecular weight excluding hydrogens is 292 g/mol. The van der Waals surface area contributed by atoms with Crippen LogP contribution in [0.5, 0.6) is 5.95 Å². The van der Waals surface area contributed by atoms with Gasteiger partial charge in [0, 0.05) is 16.8 Å². The zero-order valence-electron chi connectivity index (χ0n) is 12.7. The van der Waals surface area contributed by atoms with Crippen molar-refractivity contribution < 1.29 is 13.9 Å². The van der Waals surface area contributed by atoms with Gasteiger partial charge in [-0.15, -0.1) is 0 Å². The van der Waals surface area contributed by atoms with E-state index in [9.17, 15) is 5.11 Å². The van der Waals surface area contributed by atoms with E-state index in [0.717, 1.165) is 28.1 Å². The Bertz CT molecular complexity index is 947. The van der Waals surface area contributed by atoms with Crippen LogP contribution in [-0.4, -0.2) is 15.8 Å². The van der Waals surface area contributed by atoms with Gasteiger partial charge < -0.3 is 13.9 Å². The van der Waals surface area contributed by atoms with E-state index in [-0.39, 0.29) is 11.8 Å². The van der Waals surface area contributed by atoms with Gasteiger partial charge in [-0.25, -0.2) is 4.98 Å². The molecule has 0 fully saturated rings. The highest BCUT2D eigenvalue weighted by Gasteiger charge is 2.21. The van der Waals surface area contributed by atoms with Crippen molar-refractivity contribution in [1.29, 1.82) is 0 Å². The maximum atomic E-state index is 10.0. The minimum absolute atomic E-state index is 0.238. The number of hydrogen-bond acceptors (Lipinski definition) is 5. The van der Waals surface area contributed by atoms with Crippen molar-refractivity contribution in [2.24, 2.45) is 4.99 Å². The van der Waals surface area contributed by atoms with Crippen LogP contribution < -0.4 is 0 Å². The molecule has 1 aromatic carbocycles. The number of nitrogens with zero attached hydrogens (tertiary/aromatic N) is 2. The summed E-state index contributed by atoms with van der Waals surface area (Å²) in [5, 5.41) is 10.0. The van der Waals surface area contributed by atoms with Gasteiger partial charge in [0.2, 0.25) is 0 Å². The molecular formula is C18H14N2O3. The van der Waals surface area contributed by atoms with Crippen LogP contribution in [0.4, 0.5) is 5.69 Å². The smallest absolute Gasteiger partial charge is 0.310 e. The number of hydrogen-bond donors (Lipinski definition) is 1. The fraction of sp³-hybridized carbons (Fsp3) is 0.111. The summed E-state index contributed by atoms with van der Waals surface area (Å²) in [5.41, 5.74) is 5.28. The Morgan fingerprint density at radius 2 is 2.04 bits per heavy atom. The van der Waals surface area contributed by atoms with E-state index in [4.69, 9.17) is 8.83 Å². The molecule has 1 N–H and O–H groups in total. The van der Waals surface area contributed by atoms with Gasteiger partial charge in [0.25, 0.3) is 5.89 Å². The molecule has 0 spiro atoms. The van der Waals surface area contributed by atoms with E-state index in [1.54, 1.807) is 18.2 Å². The van der Waals surface area contributed by atoms with Gasteiger partial charge in [0.15, 0.2) is 5.76 Å². The van der Waals surface area contributed by atoms with Gasteiger partial charge in [-0.2, -0.15) is 0 Å². The molecule has 0 radical (unpaired) electrons. The van der Waals surface area contributed by atoms with E-state index < -0.39 is 0 Å². The fourth-order valence-electron chi connectivity index (χ4n) is 2.64. The van der Waals surface area contributed by atoms with Gasteiger partial charge in [-0.05, 0) is 44.2 Å². The third-order valence-corrected chi connectivity index (χ3v) is 3.77.